The van der Waals surface area contributed by atoms with Gasteiger partial charge in [0.25, 0.3) is 11.8 Å². The van der Waals surface area contributed by atoms with Crippen LogP contribution in [0.4, 0.5) is 0 Å². The van der Waals surface area contributed by atoms with Gasteiger partial charge in [0.15, 0.2) is 0 Å². The van der Waals surface area contributed by atoms with Gasteiger partial charge >= 0.3 is 0 Å². The Morgan fingerprint density at radius 3 is 2.15 bits per heavy atom. The summed E-state index contributed by atoms with van der Waals surface area (Å²) in [6.45, 7) is 4.33. The van der Waals surface area contributed by atoms with E-state index in [0.29, 0.717) is 11.6 Å². The van der Waals surface area contributed by atoms with E-state index in [2.05, 4.69) is 39.9 Å². The summed E-state index contributed by atoms with van der Waals surface area (Å²) in [6.07, 6.45) is 1.14. The van der Waals surface area contributed by atoms with Crippen molar-refractivity contribution in [1.29, 1.82) is 0 Å². The van der Waals surface area contributed by atoms with Gasteiger partial charge in [-0.2, -0.15) is 0 Å². The van der Waals surface area contributed by atoms with E-state index in [1.54, 1.807) is 24.3 Å². The van der Waals surface area contributed by atoms with E-state index in [1.165, 1.54) is 18.0 Å². The van der Waals surface area contributed by atoms with Gasteiger partial charge in [0.1, 0.15) is 6.04 Å². The van der Waals surface area contributed by atoms with Gasteiger partial charge in [0.2, 0.25) is 0 Å². The predicted octanol–water partition coefficient (Wildman–Crippen LogP) is 0.913. The molecule has 0 radical (unpaired) electrons. The second-order valence-electron chi connectivity index (χ2n) is 8.10. The Labute approximate surface area is 193 Å². The van der Waals surface area contributed by atoms with Crippen LogP contribution in [-0.2, 0) is 11.3 Å². The molecule has 0 bridgehead atoms. The molecule has 8 nitrogen and oxygen atoms in total. The van der Waals surface area contributed by atoms with Crippen molar-refractivity contribution in [3.8, 4) is 11.8 Å². The first-order chi connectivity index (χ1) is 16.0. The average Bonchev–Trinajstić information content (AvgIpc) is 2.85. The molecule has 1 saturated heterocycles. The van der Waals surface area contributed by atoms with E-state index >= 15 is 0 Å². The number of amides is 2. The summed E-state index contributed by atoms with van der Waals surface area (Å²) in [5.74, 6) is 4.76. The number of piperidine rings is 1. The highest BCUT2D eigenvalue weighted by molar-refractivity contribution is 5.97. The SMILES string of the molecule is CC(O)C(NC(=O)c1ccc(C#Cc2ccc(CNC3CCNCC3)cc2)cc1)C(=O)NO. The van der Waals surface area contributed by atoms with Crippen LogP contribution in [0, 0.1) is 11.8 Å². The van der Waals surface area contributed by atoms with Crippen molar-refractivity contribution in [1.82, 2.24) is 21.4 Å². The third-order valence-corrected chi connectivity index (χ3v) is 5.55. The third kappa shape index (κ3) is 7.41. The number of aliphatic hydroxyl groups is 1. The zero-order chi connectivity index (χ0) is 23.6. The molecule has 6 N–H and O–H groups in total. The Morgan fingerprint density at radius 1 is 1.03 bits per heavy atom. The van der Waals surface area contributed by atoms with Crippen LogP contribution in [0.25, 0.3) is 0 Å². The molecule has 2 aromatic rings. The molecule has 33 heavy (non-hydrogen) atoms. The number of rotatable bonds is 7. The fourth-order valence-corrected chi connectivity index (χ4v) is 3.54. The average molecular weight is 451 g/mol. The van der Waals surface area contributed by atoms with Gasteiger partial charge in [0.05, 0.1) is 6.10 Å². The van der Waals surface area contributed by atoms with Gasteiger partial charge < -0.3 is 21.1 Å². The van der Waals surface area contributed by atoms with Gasteiger partial charge in [-0.1, -0.05) is 24.0 Å². The third-order valence-electron chi connectivity index (χ3n) is 5.55. The summed E-state index contributed by atoms with van der Waals surface area (Å²) < 4.78 is 0. The molecule has 1 fully saturated rings. The Bertz CT molecular complexity index is 988. The minimum atomic E-state index is -1.26. The summed E-state index contributed by atoms with van der Waals surface area (Å²) in [7, 11) is 0. The maximum atomic E-state index is 12.3. The molecule has 1 aliphatic heterocycles. The van der Waals surface area contributed by atoms with E-state index in [1.807, 2.05) is 12.1 Å². The van der Waals surface area contributed by atoms with E-state index in [0.717, 1.165) is 43.6 Å². The van der Waals surface area contributed by atoms with E-state index in [4.69, 9.17) is 5.21 Å². The van der Waals surface area contributed by atoms with Crippen molar-refractivity contribution in [2.24, 2.45) is 0 Å². The molecule has 0 aliphatic carbocycles. The molecule has 0 spiro atoms. The fraction of sp³-hybridized carbons (Fsp3) is 0.360. The molecule has 0 aromatic heterocycles. The maximum Gasteiger partial charge on any atom is 0.268 e. The highest BCUT2D eigenvalue weighted by atomic mass is 16.5. The van der Waals surface area contributed by atoms with Gasteiger partial charge in [-0.3, -0.25) is 14.8 Å². The number of carbonyl (C=O) groups excluding carboxylic acids is 2. The zero-order valence-electron chi connectivity index (χ0n) is 18.6. The summed E-state index contributed by atoms with van der Waals surface area (Å²) in [5, 5.41) is 27.7. The first kappa shape index (κ1) is 24.4. The molecule has 2 aromatic carbocycles. The minimum absolute atomic E-state index is 0.308. The maximum absolute atomic E-state index is 12.3. The van der Waals surface area contributed by atoms with Crippen LogP contribution >= 0.6 is 0 Å². The monoisotopic (exact) mass is 450 g/mol. The molecule has 2 atom stereocenters. The standard InChI is InChI=1S/C25H30N4O4/c1-17(30)23(25(32)29-33)28-24(31)21-10-8-19(9-11-21)3-2-18-4-6-20(7-5-18)16-27-22-12-14-26-15-13-22/h4-11,17,22-23,26-27,30,33H,12-16H2,1H3,(H,28,31)(H,29,32). The highest BCUT2D eigenvalue weighted by Gasteiger charge is 2.25. The Balaban J connectivity index is 1.55. The van der Waals surface area contributed by atoms with E-state index in [9.17, 15) is 14.7 Å². The Hall–Kier alpha value is -3.22. The van der Waals surface area contributed by atoms with Crippen LogP contribution in [-0.4, -0.2) is 53.4 Å². The van der Waals surface area contributed by atoms with Crippen LogP contribution in [0.3, 0.4) is 0 Å². The van der Waals surface area contributed by atoms with Crippen LogP contribution in [0.2, 0.25) is 0 Å². The molecular weight excluding hydrogens is 420 g/mol. The van der Waals surface area contributed by atoms with Gasteiger partial charge in [-0.15, -0.1) is 0 Å². The van der Waals surface area contributed by atoms with E-state index < -0.39 is 24.0 Å². The number of hydrogen-bond acceptors (Lipinski definition) is 6. The van der Waals surface area contributed by atoms with Crippen molar-refractivity contribution in [2.45, 2.75) is 44.5 Å². The van der Waals surface area contributed by atoms with Crippen molar-refractivity contribution in [2.75, 3.05) is 13.1 Å². The summed E-state index contributed by atoms with van der Waals surface area (Å²) in [6, 6.07) is 14.0. The quantitative estimate of drug-likeness (QED) is 0.212. The van der Waals surface area contributed by atoms with Crippen LogP contribution in [0.5, 0.6) is 0 Å². The normalized spacial score (nSPS) is 15.6. The van der Waals surface area contributed by atoms with Crippen molar-refractivity contribution >= 4 is 11.8 Å². The number of benzene rings is 2. The fourth-order valence-electron chi connectivity index (χ4n) is 3.54. The topological polar surface area (TPSA) is 123 Å². The lowest BCUT2D eigenvalue weighted by Crippen LogP contribution is -2.51. The number of nitrogens with one attached hydrogen (secondary N) is 4. The lowest BCUT2D eigenvalue weighted by molar-refractivity contribution is -0.133. The molecule has 1 heterocycles. The van der Waals surface area contributed by atoms with E-state index in [-0.39, 0.29) is 0 Å². The first-order valence-corrected chi connectivity index (χ1v) is 11.0. The molecule has 2 amide bonds. The molecular formula is C25H30N4O4. The lowest BCUT2D eigenvalue weighted by Gasteiger charge is -2.23. The highest BCUT2D eigenvalue weighted by Crippen LogP contribution is 2.08. The summed E-state index contributed by atoms with van der Waals surface area (Å²) in [5.41, 5.74) is 4.60. The molecule has 3 rings (SSSR count). The van der Waals surface area contributed by atoms with Crippen LogP contribution < -0.4 is 21.4 Å². The molecule has 174 valence electrons. The van der Waals surface area contributed by atoms with Crippen molar-refractivity contribution in [3.63, 3.8) is 0 Å². The number of carbonyl (C=O) groups is 2. The van der Waals surface area contributed by atoms with Crippen LogP contribution in [0.1, 0.15) is 46.8 Å². The molecule has 2 unspecified atom stereocenters. The lowest BCUT2D eigenvalue weighted by atomic mass is 10.1. The molecule has 8 heteroatoms. The van der Waals surface area contributed by atoms with Crippen molar-refractivity contribution < 1.29 is 19.9 Å². The minimum Gasteiger partial charge on any atom is -0.391 e. The largest absolute Gasteiger partial charge is 0.391 e. The predicted molar refractivity (Wildman–Crippen MR) is 124 cm³/mol. The molecule has 1 aliphatic rings. The Morgan fingerprint density at radius 2 is 1.61 bits per heavy atom. The molecule has 0 saturated carbocycles. The number of hydrogen-bond donors (Lipinski definition) is 6. The van der Waals surface area contributed by atoms with Crippen molar-refractivity contribution in [3.05, 3.63) is 70.8 Å². The zero-order valence-corrected chi connectivity index (χ0v) is 18.6. The van der Waals surface area contributed by atoms with Gasteiger partial charge in [0, 0.05) is 29.3 Å². The summed E-state index contributed by atoms with van der Waals surface area (Å²) in [4.78, 5) is 23.9. The van der Waals surface area contributed by atoms with Crippen LogP contribution in [0.15, 0.2) is 48.5 Å². The number of aliphatic hydroxyl groups excluding tert-OH is 1. The van der Waals surface area contributed by atoms with Gasteiger partial charge in [-0.25, -0.2) is 5.48 Å². The second-order valence-corrected chi connectivity index (χ2v) is 8.10. The smallest absolute Gasteiger partial charge is 0.268 e. The number of hydroxylamine groups is 1. The van der Waals surface area contributed by atoms with Gasteiger partial charge in [-0.05, 0) is 74.8 Å². The second kappa shape index (κ2) is 12.1. The first-order valence-electron chi connectivity index (χ1n) is 11.0. The summed E-state index contributed by atoms with van der Waals surface area (Å²) >= 11 is 0. The Kier molecular flexibility index (Phi) is 8.98.